The third-order valence-electron chi connectivity index (χ3n) is 10.6. The van der Waals surface area contributed by atoms with E-state index < -0.39 is 0 Å². The van der Waals surface area contributed by atoms with E-state index in [1.54, 1.807) is 0 Å². The van der Waals surface area contributed by atoms with E-state index in [0.29, 0.717) is 22.3 Å². The van der Waals surface area contributed by atoms with Crippen molar-refractivity contribution in [2.24, 2.45) is 0 Å². The van der Waals surface area contributed by atoms with Crippen molar-refractivity contribution < 1.29 is 9.59 Å². The van der Waals surface area contributed by atoms with E-state index in [-0.39, 0.29) is 11.6 Å². The zero-order valence-electron chi connectivity index (χ0n) is 25.7. The summed E-state index contributed by atoms with van der Waals surface area (Å²) in [6.45, 7) is 0. The van der Waals surface area contributed by atoms with Crippen molar-refractivity contribution in [3.05, 3.63) is 168 Å². The van der Waals surface area contributed by atoms with Gasteiger partial charge in [0.1, 0.15) is 0 Å². The van der Waals surface area contributed by atoms with Gasteiger partial charge >= 0.3 is 0 Å². The lowest BCUT2D eigenvalue weighted by atomic mass is 9.79. The zero-order chi connectivity index (χ0) is 31.7. The molecular weight excluding hydrogens is 585 g/mol. The van der Waals surface area contributed by atoms with Crippen LogP contribution in [0.4, 0.5) is 0 Å². The summed E-state index contributed by atoms with van der Waals surface area (Å²) in [5, 5.41) is 17.5. The van der Waals surface area contributed by atoms with Crippen LogP contribution in [-0.4, -0.2) is 11.6 Å². The molecule has 11 aromatic rings. The standard InChI is InChI=1S/C46H24O2/c47-45(33-15-9-25-5-1-3-7-29(25)21-33)37-23-31-13-11-28-18-20-36-38(46(48)34-16-10-26-6-2-4-8-30(26)22-34)24-32-14-12-27-17-19-35(37)43-39(27)42(32)44(36)40(28)41(31)43/h1-24H. The Morgan fingerprint density at radius 2 is 0.646 bits per heavy atom. The van der Waals surface area contributed by atoms with Crippen LogP contribution < -0.4 is 0 Å². The lowest BCUT2D eigenvalue weighted by Crippen LogP contribution is -2.05. The summed E-state index contributed by atoms with van der Waals surface area (Å²) in [7, 11) is 0. The normalized spacial score (nSPS) is 12.3. The highest BCUT2D eigenvalue weighted by atomic mass is 16.1. The van der Waals surface area contributed by atoms with Crippen molar-refractivity contribution in [1.82, 2.24) is 0 Å². The van der Waals surface area contributed by atoms with Gasteiger partial charge in [0.25, 0.3) is 0 Å². The molecular formula is C46H24O2. The number of fused-ring (bicyclic) bond motifs is 2. The monoisotopic (exact) mass is 608 g/mol. The topological polar surface area (TPSA) is 34.1 Å². The van der Waals surface area contributed by atoms with Crippen LogP contribution in [0.15, 0.2) is 146 Å². The molecule has 0 spiro atoms. The molecule has 2 nitrogen and oxygen atoms in total. The molecule has 0 N–H and O–H groups in total. The fourth-order valence-electron chi connectivity index (χ4n) is 8.43. The number of rotatable bonds is 4. The minimum absolute atomic E-state index is 0.0228. The molecule has 0 saturated carbocycles. The van der Waals surface area contributed by atoms with E-state index in [2.05, 4.69) is 84.9 Å². The number of carbonyl (C=O) groups is 2. The summed E-state index contributed by atoms with van der Waals surface area (Å²) >= 11 is 0. The van der Waals surface area contributed by atoms with Crippen LogP contribution in [0.1, 0.15) is 31.8 Å². The molecule has 0 aromatic heterocycles. The first-order chi connectivity index (χ1) is 23.6. The first-order valence-electron chi connectivity index (χ1n) is 16.3. The summed E-state index contributed by atoms with van der Waals surface area (Å²) in [5.74, 6) is 0.0456. The van der Waals surface area contributed by atoms with Gasteiger partial charge in [0.05, 0.1) is 0 Å². The van der Waals surface area contributed by atoms with Gasteiger partial charge < -0.3 is 0 Å². The summed E-state index contributed by atoms with van der Waals surface area (Å²) < 4.78 is 0. The average Bonchev–Trinajstić information content (AvgIpc) is 3.15. The maximum absolute atomic E-state index is 14.4. The van der Waals surface area contributed by atoms with E-state index in [0.717, 1.165) is 86.2 Å². The Hall–Kier alpha value is -6.38. The van der Waals surface area contributed by atoms with Crippen molar-refractivity contribution in [2.75, 3.05) is 0 Å². The number of benzene rings is 11. The Morgan fingerprint density at radius 3 is 1.10 bits per heavy atom. The van der Waals surface area contributed by atoms with Gasteiger partial charge in [-0.25, -0.2) is 0 Å². The lowest BCUT2D eigenvalue weighted by molar-refractivity contribution is 0.103. The molecule has 48 heavy (non-hydrogen) atoms. The third-order valence-corrected chi connectivity index (χ3v) is 10.6. The van der Waals surface area contributed by atoms with Crippen LogP contribution in [0.25, 0.3) is 86.2 Å². The highest BCUT2D eigenvalue weighted by Gasteiger charge is 2.26. The van der Waals surface area contributed by atoms with E-state index in [4.69, 9.17) is 0 Å². The van der Waals surface area contributed by atoms with E-state index in [1.165, 1.54) is 0 Å². The van der Waals surface area contributed by atoms with Crippen molar-refractivity contribution in [3.8, 4) is 0 Å². The molecule has 0 aliphatic heterocycles. The summed E-state index contributed by atoms with van der Waals surface area (Å²) in [6.07, 6.45) is 0. The van der Waals surface area contributed by atoms with Gasteiger partial charge in [0, 0.05) is 22.3 Å². The lowest BCUT2D eigenvalue weighted by Gasteiger charge is -2.23. The van der Waals surface area contributed by atoms with Gasteiger partial charge in [-0.15, -0.1) is 0 Å². The predicted octanol–water partition coefficient (Wildman–Crippen LogP) is 11.7. The molecule has 0 bridgehead atoms. The smallest absolute Gasteiger partial charge is 0.193 e. The molecule has 11 aromatic carbocycles. The van der Waals surface area contributed by atoms with Crippen LogP contribution >= 0.6 is 0 Å². The fraction of sp³-hybridized carbons (Fsp3) is 0. The van der Waals surface area contributed by atoms with E-state index >= 15 is 0 Å². The second-order valence-electron chi connectivity index (χ2n) is 13.1. The fourth-order valence-corrected chi connectivity index (χ4v) is 8.43. The van der Waals surface area contributed by atoms with Gasteiger partial charge in [-0.1, -0.05) is 121 Å². The van der Waals surface area contributed by atoms with Gasteiger partial charge in [-0.05, 0) is 110 Å². The van der Waals surface area contributed by atoms with Gasteiger partial charge in [-0.3, -0.25) is 9.59 Å². The van der Waals surface area contributed by atoms with Crippen LogP contribution in [0.5, 0.6) is 0 Å². The number of hydrogen-bond donors (Lipinski definition) is 0. The Bertz CT molecular complexity index is 2910. The molecule has 0 radical (unpaired) electrons. The molecule has 0 amide bonds. The summed E-state index contributed by atoms with van der Waals surface area (Å²) in [6, 6.07) is 49.6. The quantitative estimate of drug-likeness (QED) is 0.113. The van der Waals surface area contributed by atoms with Gasteiger partial charge in [0.2, 0.25) is 0 Å². The Labute approximate surface area is 274 Å². The molecule has 0 saturated heterocycles. The summed E-state index contributed by atoms with van der Waals surface area (Å²) in [4.78, 5) is 28.8. The predicted molar refractivity (Wildman–Crippen MR) is 200 cm³/mol. The highest BCUT2D eigenvalue weighted by Crippen LogP contribution is 2.50. The maximum Gasteiger partial charge on any atom is 0.193 e. The number of hydrogen-bond acceptors (Lipinski definition) is 2. The van der Waals surface area contributed by atoms with Crippen molar-refractivity contribution in [2.45, 2.75) is 0 Å². The minimum atomic E-state index is 0.0228. The molecule has 0 aliphatic carbocycles. The third kappa shape index (κ3) is 3.31. The SMILES string of the molecule is O=C(c1ccc2ccccc2c1)c1cc2ccc3ccc4c(C(=O)c5ccc6ccccc6c5)cc5ccc6ccc1c1c6c5c4c3c21. The molecule has 220 valence electrons. The largest absolute Gasteiger partial charge is 0.289 e. The Kier molecular flexibility index (Phi) is 4.90. The van der Waals surface area contributed by atoms with Gasteiger partial charge in [0.15, 0.2) is 11.6 Å². The van der Waals surface area contributed by atoms with Crippen LogP contribution in [0.3, 0.4) is 0 Å². The first kappa shape index (κ1) is 25.8. The van der Waals surface area contributed by atoms with E-state index in [9.17, 15) is 9.59 Å². The molecule has 0 unspecified atom stereocenters. The average molecular weight is 609 g/mol. The summed E-state index contributed by atoms with van der Waals surface area (Å²) in [5.41, 5.74) is 2.80. The molecule has 0 heterocycles. The van der Waals surface area contributed by atoms with Crippen molar-refractivity contribution in [3.63, 3.8) is 0 Å². The van der Waals surface area contributed by atoms with Gasteiger partial charge in [-0.2, -0.15) is 0 Å². The second-order valence-corrected chi connectivity index (χ2v) is 13.1. The molecule has 0 aliphatic rings. The maximum atomic E-state index is 14.4. The van der Waals surface area contributed by atoms with Crippen molar-refractivity contribution in [1.29, 1.82) is 0 Å². The number of carbonyl (C=O) groups excluding carboxylic acids is 2. The molecule has 11 rings (SSSR count). The molecule has 0 atom stereocenters. The van der Waals surface area contributed by atoms with Crippen LogP contribution in [0.2, 0.25) is 0 Å². The Morgan fingerprint density at radius 1 is 0.292 bits per heavy atom. The van der Waals surface area contributed by atoms with Crippen molar-refractivity contribution >= 4 is 97.7 Å². The molecule has 0 fully saturated rings. The Balaban J connectivity index is 1.23. The van der Waals surface area contributed by atoms with E-state index in [1.807, 2.05) is 60.7 Å². The minimum Gasteiger partial charge on any atom is -0.289 e. The highest BCUT2D eigenvalue weighted by molar-refractivity contribution is 6.47. The zero-order valence-corrected chi connectivity index (χ0v) is 25.7. The van der Waals surface area contributed by atoms with Crippen LogP contribution in [0, 0.1) is 0 Å². The molecule has 2 heteroatoms. The first-order valence-corrected chi connectivity index (χ1v) is 16.3. The van der Waals surface area contributed by atoms with Crippen LogP contribution in [-0.2, 0) is 0 Å². The number of ketones is 2. The second kappa shape index (κ2) is 9.12.